The molecule has 2 nitrogen and oxygen atoms in total. The molecule has 0 spiro atoms. The Bertz CT molecular complexity index is 650. The molecule has 1 aliphatic heterocycles. The van der Waals surface area contributed by atoms with E-state index in [1.54, 1.807) is 0 Å². The number of ketones is 1. The van der Waals surface area contributed by atoms with E-state index in [1.165, 1.54) is 16.8 Å². The van der Waals surface area contributed by atoms with Crippen LogP contribution in [0.1, 0.15) is 37.4 Å². The van der Waals surface area contributed by atoms with Gasteiger partial charge in [-0.3, -0.25) is 4.79 Å². The molecular weight excluding hydrogens is 270 g/mol. The minimum absolute atomic E-state index is 0.00616. The number of Topliss-reactive ketones (excluding diaryl/α,β-unsaturated/α-hetero) is 1. The van der Waals surface area contributed by atoms with Gasteiger partial charge in [0.2, 0.25) is 0 Å². The molecule has 2 atom stereocenters. The van der Waals surface area contributed by atoms with Crippen molar-refractivity contribution in [1.82, 2.24) is 0 Å². The summed E-state index contributed by atoms with van der Waals surface area (Å²) >= 11 is 0. The van der Waals surface area contributed by atoms with Crippen LogP contribution in [0.4, 0.5) is 5.69 Å². The van der Waals surface area contributed by atoms with E-state index in [1.807, 2.05) is 13.0 Å². The first-order valence-corrected chi connectivity index (χ1v) is 8.14. The van der Waals surface area contributed by atoms with E-state index < -0.39 is 0 Å². The predicted molar refractivity (Wildman–Crippen MR) is 91.1 cm³/mol. The first-order chi connectivity index (χ1) is 10.7. The predicted octanol–water partition coefficient (Wildman–Crippen LogP) is 4.41. The van der Waals surface area contributed by atoms with Gasteiger partial charge in [-0.15, -0.1) is 0 Å². The monoisotopic (exact) mass is 293 g/mol. The van der Waals surface area contributed by atoms with Crippen LogP contribution in [-0.2, 0) is 11.2 Å². The van der Waals surface area contributed by atoms with Crippen molar-refractivity contribution in [3.05, 3.63) is 65.7 Å². The van der Waals surface area contributed by atoms with Gasteiger partial charge in [0, 0.05) is 24.6 Å². The van der Waals surface area contributed by atoms with Crippen molar-refractivity contribution >= 4 is 11.5 Å². The lowest BCUT2D eigenvalue weighted by Gasteiger charge is -2.41. The third-order valence-electron chi connectivity index (χ3n) is 4.75. The molecule has 0 saturated carbocycles. The highest BCUT2D eigenvalue weighted by Gasteiger charge is 2.34. The smallest absolute Gasteiger partial charge is 0.137 e. The molecule has 0 N–H and O–H groups in total. The Labute approximate surface area is 132 Å². The molecule has 1 heterocycles. The second kappa shape index (κ2) is 6.35. The summed E-state index contributed by atoms with van der Waals surface area (Å²) in [6.07, 6.45) is 1.64. The highest BCUT2D eigenvalue weighted by Crippen LogP contribution is 2.38. The quantitative estimate of drug-likeness (QED) is 0.832. The fourth-order valence-corrected chi connectivity index (χ4v) is 3.54. The van der Waals surface area contributed by atoms with Crippen LogP contribution in [0.15, 0.2) is 54.6 Å². The van der Waals surface area contributed by atoms with Crippen LogP contribution < -0.4 is 4.90 Å². The van der Waals surface area contributed by atoms with Crippen molar-refractivity contribution in [2.75, 3.05) is 11.4 Å². The third-order valence-corrected chi connectivity index (χ3v) is 4.75. The topological polar surface area (TPSA) is 20.3 Å². The fourth-order valence-electron chi connectivity index (χ4n) is 3.54. The molecule has 0 unspecified atom stereocenters. The average molecular weight is 293 g/mol. The molecular formula is C20H23NO. The van der Waals surface area contributed by atoms with Crippen LogP contribution in [0.25, 0.3) is 0 Å². The number of nitrogens with zero attached hydrogens (tertiary/aromatic N) is 1. The van der Waals surface area contributed by atoms with E-state index >= 15 is 0 Å². The van der Waals surface area contributed by atoms with E-state index in [2.05, 4.69) is 60.4 Å². The van der Waals surface area contributed by atoms with E-state index in [-0.39, 0.29) is 12.0 Å². The molecule has 22 heavy (non-hydrogen) atoms. The van der Waals surface area contributed by atoms with Gasteiger partial charge in [-0.05, 0) is 29.7 Å². The third kappa shape index (κ3) is 2.66. The zero-order valence-corrected chi connectivity index (χ0v) is 13.3. The second-order valence-corrected chi connectivity index (χ2v) is 6.03. The zero-order chi connectivity index (χ0) is 15.5. The molecule has 0 amide bonds. The Balaban J connectivity index is 2.05. The van der Waals surface area contributed by atoms with Crippen LogP contribution >= 0.6 is 0 Å². The normalized spacial score (nSPS) is 18.6. The molecule has 2 aromatic carbocycles. The highest BCUT2D eigenvalue weighted by molar-refractivity contribution is 5.82. The highest BCUT2D eigenvalue weighted by atomic mass is 16.1. The number of hydrogen-bond acceptors (Lipinski definition) is 2. The fraction of sp³-hybridized carbons (Fsp3) is 0.350. The van der Waals surface area contributed by atoms with E-state index in [0.717, 1.165) is 13.0 Å². The molecule has 3 rings (SSSR count). The van der Waals surface area contributed by atoms with Crippen LogP contribution in [0, 0.1) is 5.92 Å². The van der Waals surface area contributed by atoms with Crippen molar-refractivity contribution in [1.29, 1.82) is 0 Å². The van der Waals surface area contributed by atoms with E-state index in [9.17, 15) is 4.79 Å². The number of carbonyl (C=O) groups excluding carboxylic acids is 1. The summed E-state index contributed by atoms with van der Waals surface area (Å²) in [6, 6.07) is 19.2. The maximum atomic E-state index is 12.4. The lowest BCUT2D eigenvalue weighted by Crippen LogP contribution is -2.41. The second-order valence-electron chi connectivity index (χ2n) is 6.03. The largest absolute Gasteiger partial charge is 0.363 e. The lowest BCUT2D eigenvalue weighted by molar-refractivity contribution is -0.122. The van der Waals surface area contributed by atoms with Gasteiger partial charge in [0.05, 0.1) is 6.04 Å². The standard InChI is InChI=1S/C20H23NO/c1-3-19(22)15(2)20-18-12-8-7-9-16(18)13-14-21(20)17-10-5-4-6-11-17/h4-12,15,20H,3,13-14H2,1-2H3/t15-,20+/m1/s1. The van der Waals surface area contributed by atoms with Gasteiger partial charge in [0.25, 0.3) is 0 Å². The lowest BCUT2D eigenvalue weighted by atomic mass is 9.82. The van der Waals surface area contributed by atoms with Gasteiger partial charge in [-0.1, -0.05) is 56.3 Å². The van der Waals surface area contributed by atoms with Crippen molar-refractivity contribution in [2.45, 2.75) is 32.7 Å². The molecule has 0 saturated heterocycles. The van der Waals surface area contributed by atoms with Crippen molar-refractivity contribution in [2.24, 2.45) is 5.92 Å². The minimum atomic E-state index is 0.00616. The van der Waals surface area contributed by atoms with Crippen molar-refractivity contribution in [3.8, 4) is 0 Å². The Morgan fingerprint density at radius 1 is 1.14 bits per heavy atom. The molecule has 1 aliphatic rings. The average Bonchev–Trinajstić information content (AvgIpc) is 2.60. The molecule has 0 aromatic heterocycles. The molecule has 2 aromatic rings. The minimum Gasteiger partial charge on any atom is -0.363 e. The maximum absolute atomic E-state index is 12.4. The number of anilines is 1. The number of carbonyl (C=O) groups is 1. The van der Waals surface area contributed by atoms with Crippen LogP contribution in [0.5, 0.6) is 0 Å². The first-order valence-electron chi connectivity index (χ1n) is 8.14. The summed E-state index contributed by atoms with van der Waals surface area (Å²) in [5.74, 6) is 0.342. The Morgan fingerprint density at radius 3 is 2.55 bits per heavy atom. The van der Waals surface area contributed by atoms with Gasteiger partial charge in [0.15, 0.2) is 0 Å². The molecule has 2 heteroatoms. The maximum Gasteiger partial charge on any atom is 0.137 e. The SMILES string of the molecule is CCC(=O)[C@@H](C)[C@H]1c2ccccc2CCN1c1ccccc1. The first kappa shape index (κ1) is 14.8. The Kier molecular flexibility index (Phi) is 4.28. The molecule has 0 fully saturated rings. The summed E-state index contributed by atoms with van der Waals surface area (Å²) in [6.45, 7) is 5.00. The van der Waals surface area contributed by atoms with Crippen molar-refractivity contribution in [3.63, 3.8) is 0 Å². The van der Waals surface area contributed by atoms with E-state index in [0.29, 0.717) is 12.2 Å². The number of hydrogen-bond donors (Lipinski definition) is 0. The molecule has 0 radical (unpaired) electrons. The van der Waals surface area contributed by atoms with Gasteiger partial charge in [-0.2, -0.15) is 0 Å². The van der Waals surface area contributed by atoms with E-state index in [4.69, 9.17) is 0 Å². The summed E-state index contributed by atoms with van der Waals surface area (Å²) < 4.78 is 0. The van der Waals surface area contributed by atoms with Gasteiger partial charge in [-0.25, -0.2) is 0 Å². The Morgan fingerprint density at radius 2 is 1.82 bits per heavy atom. The Hall–Kier alpha value is -2.09. The zero-order valence-electron chi connectivity index (χ0n) is 13.3. The number of fused-ring (bicyclic) bond motifs is 1. The summed E-state index contributed by atoms with van der Waals surface area (Å²) in [7, 11) is 0. The number of para-hydroxylation sites is 1. The summed E-state index contributed by atoms with van der Waals surface area (Å²) in [5.41, 5.74) is 3.90. The van der Waals surface area contributed by atoms with Gasteiger partial charge >= 0.3 is 0 Å². The molecule has 114 valence electrons. The molecule has 0 bridgehead atoms. The number of benzene rings is 2. The number of rotatable bonds is 4. The van der Waals surface area contributed by atoms with Crippen LogP contribution in [-0.4, -0.2) is 12.3 Å². The van der Waals surface area contributed by atoms with Crippen molar-refractivity contribution < 1.29 is 4.79 Å². The van der Waals surface area contributed by atoms with Crippen LogP contribution in [0.2, 0.25) is 0 Å². The van der Waals surface area contributed by atoms with Gasteiger partial charge in [0.1, 0.15) is 5.78 Å². The summed E-state index contributed by atoms with van der Waals surface area (Å²) in [4.78, 5) is 14.8. The van der Waals surface area contributed by atoms with Gasteiger partial charge < -0.3 is 4.90 Å². The van der Waals surface area contributed by atoms with Crippen LogP contribution in [0.3, 0.4) is 0 Å². The summed E-state index contributed by atoms with van der Waals surface area (Å²) in [5, 5.41) is 0. The molecule has 0 aliphatic carbocycles.